The quantitative estimate of drug-likeness (QED) is 0.0548. The van der Waals surface area contributed by atoms with Gasteiger partial charge >= 0.3 is 0 Å². The molecule has 0 saturated carbocycles. The Morgan fingerprint density at radius 2 is 0.775 bits per heavy atom. The van der Waals surface area contributed by atoms with Gasteiger partial charge in [0.05, 0.1) is 117 Å². The Morgan fingerprint density at radius 3 is 1.06 bits per heavy atom. The van der Waals surface area contributed by atoms with Gasteiger partial charge in [-0.05, 0) is 144 Å². The summed E-state index contributed by atoms with van der Waals surface area (Å²) in [5.41, 5.74) is 2.50. The van der Waals surface area contributed by atoms with Crippen molar-refractivity contribution in [3.05, 3.63) is 303 Å². The molecule has 3 aromatic heterocycles. The Labute approximate surface area is 673 Å². The number of benzene rings is 6. The molecule has 5 unspecified atom stereocenters. The molecule has 0 spiro atoms. The third-order valence-corrected chi connectivity index (χ3v) is 26.7. The molecule has 0 aliphatic carbocycles. The molecule has 0 bridgehead atoms. The van der Waals surface area contributed by atoms with E-state index < -0.39 is 70.6 Å². The summed E-state index contributed by atoms with van der Waals surface area (Å²) in [6.45, 7) is 11.2. The molecule has 0 radical (unpaired) electrons. The van der Waals surface area contributed by atoms with Crippen molar-refractivity contribution in [2.75, 3.05) is 41.1 Å². The van der Waals surface area contributed by atoms with Crippen LogP contribution >= 0.6 is 69.6 Å². The number of ether oxygens (including phenoxy) is 4. The fourth-order valence-corrected chi connectivity index (χ4v) is 20.2. The summed E-state index contributed by atoms with van der Waals surface area (Å²) in [7, 11) is -9.78. The molecule has 1 N–H and O–H groups in total. The highest BCUT2D eigenvalue weighted by Gasteiger charge is 2.58. The minimum atomic E-state index is -3.26. The number of ketones is 1. The molecule has 3 saturated heterocycles. The molecule has 15 rings (SSSR count). The highest BCUT2D eigenvalue weighted by molar-refractivity contribution is 7.92. The summed E-state index contributed by atoms with van der Waals surface area (Å²) >= 11 is 36.7. The largest absolute Gasteiger partial charge is 0.494 e. The first-order valence-corrected chi connectivity index (χ1v) is 43.0. The lowest BCUT2D eigenvalue weighted by molar-refractivity contribution is -0.140. The van der Waals surface area contributed by atoms with Crippen molar-refractivity contribution in [1.29, 1.82) is 0 Å². The first-order valence-electron chi connectivity index (χ1n) is 35.3. The number of sulfone groups is 3. The number of amides is 3. The molecule has 6 aliphatic rings. The van der Waals surface area contributed by atoms with Gasteiger partial charge in [0.15, 0.2) is 52.5 Å². The molecule has 578 valence electrons. The van der Waals surface area contributed by atoms with E-state index in [0.29, 0.717) is 146 Å². The normalized spacial score (nSPS) is 22.5. The monoisotopic (exact) mass is 1680 g/mol. The van der Waals surface area contributed by atoms with Crippen LogP contribution in [0.1, 0.15) is 150 Å². The second-order valence-electron chi connectivity index (χ2n) is 28.2. The smallest absolute Gasteiger partial charge is 0.257 e. The van der Waals surface area contributed by atoms with Gasteiger partial charge < -0.3 is 24.1 Å². The minimum Gasteiger partial charge on any atom is -0.494 e. The van der Waals surface area contributed by atoms with Crippen LogP contribution in [0.5, 0.6) is 0 Å². The zero-order chi connectivity index (χ0) is 79.3. The van der Waals surface area contributed by atoms with Crippen LogP contribution in [0.25, 0.3) is 5.76 Å². The predicted molar refractivity (Wildman–Crippen MR) is 424 cm³/mol. The molecular formula is C81H74Cl6N6O15S3. The lowest BCUT2D eigenvalue weighted by Gasteiger charge is -2.41. The van der Waals surface area contributed by atoms with Gasteiger partial charge in [-0.3, -0.25) is 48.8 Å². The van der Waals surface area contributed by atoms with Crippen LogP contribution in [0.15, 0.2) is 189 Å². The molecule has 6 atom stereocenters. The number of fused-ring (bicyclic) bond motifs is 3. The first-order chi connectivity index (χ1) is 52.6. The van der Waals surface area contributed by atoms with E-state index in [1.54, 1.807) is 175 Å². The Bertz CT molecular complexity index is 5480. The predicted octanol–water partition coefficient (Wildman–Crippen LogP) is 14.8. The van der Waals surface area contributed by atoms with Crippen molar-refractivity contribution in [2.45, 2.75) is 108 Å². The summed E-state index contributed by atoms with van der Waals surface area (Å²) in [6.07, 6.45) is 3.57. The minimum absolute atomic E-state index is 0.0111. The fraction of sp³-hybridized carbons (Fsp3) is 0.296. The molecule has 6 aliphatic heterocycles. The maximum atomic E-state index is 14.1. The molecule has 111 heavy (non-hydrogen) atoms. The molecular weight excluding hydrogens is 1610 g/mol. The third kappa shape index (κ3) is 16.8. The van der Waals surface area contributed by atoms with Crippen LogP contribution in [-0.4, -0.2) is 143 Å². The number of pyridine rings is 3. The Hall–Kier alpha value is -8.18. The van der Waals surface area contributed by atoms with Crippen molar-refractivity contribution < 1.29 is 68.5 Å². The van der Waals surface area contributed by atoms with Crippen molar-refractivity contribution in [3.63, 3.8) is 0 Å². The Kier molecular flexibility index (Phi) is 23.3. The second-order valence-corrected chi connectivity index (χ2v) is 37.5. The maximum absolute atomic E-state index is 14.1. The lowest BCUT2D eigenvalue weighted by atomic mass is 9.89. The molecule has 6 aromatic carbocycles. The van der Waals surface area contributed by atoms with Gasteiger partial charge in [0.25, 0.3) is 17.7 Å². The third-order valence-electron chi connectivity index (χ3n) is 20.1. The number of aliphatic hydroxyl groups is 1. The van der Waals surface area contributed by atoms with Gasteiger partial charge in [0, 0.05) is 94.9 Å². The zero-order valence-corrected chi connectivity index (χ0v) is 67.3. The van der Waals surface area contributed by atoms with E-state index in [0.717, 1.165) is 0 Å². The van der Waals surface area contributed by atoms with Crippen LogP contribution in [0.3, 0.4) is 0 Å². The van der Waals surface area contributed by atoms with E-state index in [1.165, 1.54) is 30.4 Å². The number of halogens is 6. The highest BCUT2D eigenvalue weighted by atomic mass is 35.5. The number of carbonyl (C=O) groups is 4. The van der Waals surface area contributed by atoms with E-state index in [4.69, 9.17) is 88.6 Å². The number of hydrogen-bond donors (Lipinski definition) is 1. The van der Waals surface area contributed by atoms with Gasteiger partial charge in [0.2, 0.25) is 0 Å². The van der Waals surface area contributed by atoms with Crippen LogP contribution in [0, 0.1) is 0 Å². The summed E-state index contributed by atoms with van der Waals surface area (Å²) in [5, 5.41) is 13.6. The topological polar surface area (TPSA) is 276 Å². The number of Topliss-reactive ketones (excluding diaryl/α,β-unsaturated/α-hetero) is 1. The summed E-state index contributed by atoms with van der Waals surface area (Å²) in [6, 6.07) is 46.7. The second kappa shape index (κ2) is 32.0. The van der Waals surface area contributed by atoms with Crippen molar-refractivity contribution in [1.82, 2.24) is 29.7 Å². The average Bonchev–Trinajstić information content (AvgIpc) is 1.57. The van der Waals surface area contributed by atoms with E-state index in [-0.39, 0.29) is 77.7 Å². The maximum Gasteiger partial charge on any atom is 0.257 e. The number of aromatic nitrogens is 3. The molecule has 9 heterocycles. The van der Waals surface area contributed by atoms with Crippen LogP contribution < -0.4 is 0 Å². The lowest BCUT2D eigenvalue weighted by Crippen LogP contribution is -2.48. The van der Waals surface area contributed by atoms with Crippen LogP contribution in [0.2, 0.25) is 30.1 Å². The zero-order valence-electron chi connectivity index (χ0n) is 60.3. The van der Waals surface area contributed by atoms with E-state index >= 15 is 0 Å². The summed E-state index contributed by atoms with van der Waals surface area (Å²) in [4.78, 5) is 72.1. The van der Waals surface area contributed by atoms with Gasteiger partial charge in [0.1, 0.15) is 5.76 Å². The van der Waals surface area contributed by atoms with Gasteiger partial charge in [-0.25, -0.2) is 25.3 Å². The summed E-state index contributed by atoms with van der Waals surface area (Å²) < 4.78 is 99.7. The van der Waals surface area contributed by atoms with E-state index in [2.05, 4.69) is 21.5 Å². The average molecular weight is 1680 g/mol. The van der Waals surface area contributed by atoms with Gasteiger partial charge in [-0.1, -0.05) is 149 Å². The van der Waals surface area contributed by atoms with Crippen molar-refractivity contribution in [3.8, 4) is 0 Å². The van der Waals surface area contributed by atoms with Gasteiger partial charge in [-0.2, -0.15) is 0 Å². The molecule has 3 amide bonds. The fourth-order valence-electron chi connectivity index (χ4n) is 14.7. The SMILES string of the molecule is C=C(OCC)c1ccc2c(c1)C(=O)N(Cc1ccc(Cl)cn1)C2(OC1CCS(=O)(=O)C1)c1ccc(Cl)cc1.CC(=O)c1ccc2c(c1)C(=O)N(Cc1ccc(Cl)cn1)C2(OC1CCS(=O)(=O)C1)c1ccc(Cl)cc1.CC(C)(O)c1ccc2c(c1)C(=O)N(Cc1ccc(Cl)cn1)[C@@]2(OC1CCS(=O)(=O)C1)c1ccc(Cl)cc1. The molecule has 3 fully saturated rings. The van der Waals surface area contributed by atoms with Crippen molar-refractivity contribution >= 4 is 128 Å². The Balaban J connectivity index is 0.000000146. The number of carbonyl (C=O) groups excluding carboxylic acids is 4. The molecule has 30 heteroatoms. The molecule has 21 nitrogen and oxygen atoms in total. The number of rotatable bonds is 20. The van der Waals surface area contributed by atoms with Crippen LogP contribution in [-0.2, 0) is 90.9 Å². The first kappa shape index (κ1) is 80.9. The van der Waals surface area contributed by atoms with Crippen LogP contribution in [0.4, 0.5) is 0 Å². The number of nitrogens with zero attached hydrogens (tertiary/aromatic N) is 6. The van der Waals surface area contributed by atoms with Crippen molar-refractivity contribution in [2.24, 2.45) is 0 Å². The summed E-state index contributed by atoms with van der Waals surface area (Å²) in [5.74, 6) is -1.07. The Morgan fingerprint density at radius 1 is 0.468 bits per heavy atom. The standard InChI is InChI=1S/C28H26Cl2N2O5S.C27H26Cl2N2O5S.C26H22Cl2N2O5S/c1-3-36-18(2)19-4-11-26-25(14-19)27(33)32(16-23-10-9-22(30)15-31-23)28(26,20-5-7-21(29)8-6-20)37-24-12-13-38(34,35)17-24;1-26(2,33)18-5-10-24-23(13-18)25(32)31(15-21-9-8-20(29)14-30-21)27(24,17-3-6-19(28)7-4-17)36-22-11-12-37(34,35)16-22;1-16(31)17-2-9-24-23(12-17)25(32)30(14-21-8-7-20(28)13-29-21)26(24,18-3-5-19(27)6-4-18)35-22-10-11-36(33,34)15-22/h4-11,14-15,24H,2-3,12-13,16-17H2,1H3;3-10,13-14,22,33H,11-12,15-16H2,1-2H3;2-9,12-13,22H,10-11,14-15H2,1H3/t;22?,27-;/m.1./s1. The number of hydrogen-bond acceptors (Lipinski definition) is 18. The van der Waals surface area contributed by atoms with E-state index in [9.17, 15) is 49.5 Å². The van der Waals surface area contributed by atoms with E-state index in [1.807, 2.05) is 19.1 Å². The highest BCUT2D eigenvalue weighted by Crippen LogP contribution is 2.52. The molecule has 9 aromatic rings. The van der Waals surface area contributed by atoms with Gasteiger partial charge in [-0.15, -0.1) is 0 Å².